The smallest absolute Gasteiger partial charge is 0.321 e. The van der Waals surface area contributed by atoms with E-state index in [1.807, 2.05) is 36.4 Å². The van der Waals surface area contributed by atoms with Gasteiger partial charge in [-0.3, -0.25) is 9.59 Å². The van der Waals surface area contributed by atoms with Crippen LogP contribution in [0.15, 0.2) is 74.1 Å². The number of carboxylic acid groups (broad SMARTS) is 1. The zero-order valence-electron chi connectivity index (χ0n) is 11.6. The van der Waals surface area contributed by atoms with E-state index in [0.29, 0.717) is 0 Å². The summed E-state index contributed by atoms with van der Waals surface area (Å²) < 4.78 is 4.10. The lowest BCUT2D eigenvalue weighted by Gasteiger charge is -1.91. The summed E-state index contributed by atoms with van der Waals surface area (Å²) in [6.07, 6.45) is 9.95. The number of rotatable bonds is 6. The van der Waals surface area contributed by atoms with Crippen LogP contribution in [0.2, 0.25) is 0 Å². The summed E-state index contributed by atoms with van der Waals surface area (Å²) in [5, 5.41) is 7.98. The third-order valence-corrected chi connectivity index (χ3v) is 1.96. The van der Waals surface area contributed by atoms with E-state index in [1.165, 1.54) is 5.56 Å². The van der Waals surface area contributed by atoms with Gasteiger partial charge in [0.05, 0.1) is 6.26 Å². The molecule has 0 aromatic heterocycles. The maximum atomic E-state index is 10.2. The van der Waals surface area contributed by atoms with E-state index in [1.54, 1.807) is 6.08 Å². The van der Waals surface area contributed by atoms with Crippen molar-refractivity contribution in [3.05, 3.63) is 79.6 Å². The standard InChI is InChI=1S/C12H12.C5H6O4/c1-2-3-4-6-9-12-10-7-5-8-11-12;1-2-9-5(8)3-4(6)7/h2-11H,1H2;2H,1,3H2,(H,6,7). The van der Waals surface area contributed by atoms with E-state index in [9.17, 15) is 9.59 Å². The second-order valence-electron chi connectivity index (χ2n) is 3.62. The zero-order valence-corrected chi connectivity index (χ0v) is 11.6. The van der Waals surface area contributed by atoms with Gasteiger partial charge < -0.3 is 9.84 Å². The molecule has 0 radical (unpaired) electrons. The lowest BCUT2D eigenvalue weighted by molar-refractivity contribution is -0.147. The molecule has 21 heavy (non-hydrogen) atoms. The van der Waals surface area contributed by atoms with Crippen LogP contribution in [-0.4, -0.2) is 17.0 Å². The van der Waals surface area contributed by atoms with Gasteiger partial charge >= 0.3 is 11.9 Å². The van der Waals surface area contributed by atoms with Crippen LogP contribution in [0, 0.1) is 0 Å². The highest BCUT2D eigenvalue weighted by Gasteiger charge is 2.05. The molecule has 0 spiro atoms. The van der Waals surface area contributed by atoms with Crippen molar-refractivity contribution in [1.82, 2.24) is 0 Å². The number of benzene rings is 1. The number of ether oxygens (including phenoxy) is 1. The summed E-state index contributed by atoms with van der Waals surface area (Å²) >= 11 is 0. The van der Waals surface area contributed by atoms with Crippen LogP contribution in [0.3, 0.4) is 0 Å². The molecule has 0 unspecified atom stereocenters. The molecule has 4 nitrogen and oxygen atoms in total. The van der Waals surface area contributed by atoms with E-state index in [-0.39, 0.29) is 0 Å². The minimum Gasteiger partial charge on any atom is -0.481 e. The third kappa shape index (κ3) is 11.9. The zero-order chi connectivity index (χ0) is 15.9. The first-order valence-electron chi connectivity index (χ1n) is 6.13. The van der Waals surface area contributed by atoms with Crippen molar-refractivity contribution in [2.45, 2.75) is 6.42 Å². The lowest BCUT2D eigenvalue weighted by Crippen LogP contribution is -2.06. The molecule has 1 rings (SSSR count). The molecule has 110 valence electrons. The number of carbonyl (C=O) groups excluding carboxylic acids is 1. The summed E-state index contributed by atoms with van der Waals surface area (Å²) in [4.78, 5) is 19.9. The molecule has 1 N–H and O–H groups in total. The quantitative estimate of drug-likeness (QED) is 0.376. The molecule has 0 bridgehead atoms. The van der Waals surface area contributed by atoms with Crippen LogP contribution in [-0.2, 0) is 14.3 Å². The number of allylic oxidation sites excluding steroid dienone is 4. The SMILES string of the molecule is C=CC=CC=Cc1ccccc1.C=COC(=O)CC(=O)O. The van der Waals surface area contributed by atoms with E-state index < -0.39 is 18.4 Å². The Hall–Kier alpha value is -2.88. The maximum absolute atomic E-state index is 10.2. The summed E-state index contributed by atoms with van der Waals surface area (Å²) in [5.74, 6) is -2.01. The van der Waals surface area contributed by atoms with Gasteiger partial charge in [0.25, 0.3) is 0 Å². The summed E-state index contributed by atoms with van der Waals surface area (Å²) in [7, 11) is 0. The highest BCUT2D eigenvalue weighted by Crippen LogP contribution is 2.00. The van der Waals surface area contributed by atoms with Gasteiger partial charge in [0, 0.05) is 0 Å². The minimum atomic E-state index is -1.21. The Morgan fingerprint density at radius 3 is 2.29 bits per heavy atom. The number of hydrogen-bond acceptors (Lipinski definition) is 3. The van der Waals surface area contributed by atoms with E-state index in [2.05, 4.69) is 36.1 Å². The topological polar surface area (TPSA) is 63.6 Å². The molecule has 4 heteroatoms. The normalized spacial score (nSPS) is 9.71. The molecule has 0 amide bonds. The highest BCUT2D eigenvalue weighted by atomic mass is 16.5. The average molecular weight is 286 g/mol. The second-order valence-corrected chi connectivity index (χ2v) is 3.62. The first-order valence-corrected chi connectivity index (χ1v) is 6.13. The minimum absolute atomic E-state index is 0.619. The number of carbonyl (C=O) groups is 2. The van der Waals surface area contributed by atoms with Crippen LogP contribution in [0.1, 0.15) is 12.0 Å². The first kappa shape index (κ1) is 18.1. The van der Waals surface area contributed by atoms with Crippen LogP contribution in [0.5, 0.6) is 0 Å². The van der Waals surface area contributed by atoms with Gasteiger partial charge in [-0.2, -0.15) is 0 Å². The third-order valence-electron chi connectivity index (χ3n) is 1.96. The summed E-state index contributed by atoms with van der Waals surface area (Å²) in [6, 6.07) is 10.2. The van der Waals surface area contributed by atoms with Gasteiger partial charge in [0.15, 0.2) is 0 Å². The lowest BCUT2D eigenvalue weighted by atomic mass is 10.2. The predicted octanol–water partition coefficient (Wildman–Crippen LogP) is 3.59. The fraction of sp³-hybridized carbons (Fsp3) is 0.0588. The molecule has 0 aliphatic rings. The van der Waals surface area contributed by atoms with Crippen molar-refractivity contribution in [1.29, 1.82) is 0 Å². The molecule has 0 atom stereocenters. The van der Waals surface area contributed by atoms with Crippen LogP contribution in [0.4, 0.5) is 0 Å². The molecule has 0 saturated heterocycles. The van der Waals surface area contributed by atoms with Crippen molar-refractivity contribution in [3.8, 4) is 0 Å². The largest absolute Gasteiger partial charge is 0.481 e. The van der Waals surface area contributed by atoms with E-state index in [4.69, 9.17) is 5.11 Å². The first-order chi connectivity index (χ1) is 10.1. The fourth-order valence-corrected chi connectivity index (χ4v) is 1.13. The van der Waals surface area contributed by atoms with Crippen LogP contribution < -0.4 is 0 Å². The van der Waals surface area contributed by atoms with Gasteiger partial charge in [-0.15, -0.1) is 0 Å². The summed E-state index contributed by atoms with van der Waals surface area (Å²) in [5.41, 5.74) is 1.21. The number of carboxylic acids is 1. The Kier molecular flexibility index (Phi) is 10.5. The Bertz CT molecular complexity index is 513. The van der Waals surface area contributed by atoms with Gasteiger partial charge in [-0.25, -0.2) is 0 Å². The van der Waals surface area contributed by atoms with Gasteiger partial charge in [-0.05, 0) is 5.56 Å². The Morgan fingerprint density at radius 2 is 1.76 bits per heavy atom. The molecule has 0 aliphatic carbocycles. The van der Waals surface area contributed by atoms with Crippen molar-refractivity contribution in [2.75, 3.05) is 0 Å². The fourth-order valence-electron chi connectivity index (χ4n) is 1.13. The average Bonchev–Trinajstić information content (AvgIpc) is 2.45. The molecule has 0 heterocycles. The van der Waals surface area contributed by atoms with Crippen LogP contribution >= 0.6 is 0 Å². The summed E-state index contributed by atoms with van der Waals surface area (Å²) in [6.45, 7) is 6.66. The molecule has 0 saturated carbocycles. The second kappa shape index (κ2) is 12.2. The highest BCUT2D eigenvalue weighted by molar-refractivity contribution is 5.90. The van der Waals surface area contributed by atoms with E-state index in [0.717, 1.165) is 6.26 Å². The molecule has 0 aliphatic heterocycles. The van der Waals surface area contributed by atoms with Gasteiger partial charge in [-0.1, -0.05) is 73.9 Å². The van der Waals surface area contributed by atoms with Crippen molar-refractivity contribution >= 4 is 18.0 Å². The molecular formula is C17H18O4. The van der Waals surface area contributed by atoms with Crippen molar-refractivity contribution in [2.24, 2.45) is 0 Å². The number of hydrogen-bond donors (Lipinski definition) is 1. The Labute approximate surface area is 124 Å². The predicted molar refractivity (Wildman–Crippen MR) is 83.4 cm³/mol. The molecule has 1 aromatic rings. The van der Waals surface area contributed by atoms with Crippen molar-refractivity contribution in [3.63, 3.8) is 0 Å². The van der Waals surface area contributed by atoms with E-state index >= 15 is 0 Å². The Morgan fingerprint density at radius 1 is 1.10 bits per heavy atom. The number of aliphatic carboxylic acids is 1. The van der Waals surface area contributed by atoms with Gasteiger partial charge in [0.1, 0.15) is 6.42 Å². The Balaban J connectivity index is 0.000000400. The van der Waals surface area contributed by atoms with Gasteiger partial charge in [0.2, 0.25) is 0 Å². The monoisotopic (exact) mass is 286 g/mol. The maximum Gasteiger partial charge on any atom is 0.321 e. The molecule has 1 aromatic carbocycles. The van der Waals surface area contributed by atoms with Crippen molar-refractivity contribution < 1.29 is 19.4 Å². The molecule has 0 fully saturated rings. The molecular weight excluding hydrogens is 268 g/mol. The van der Waals surface area contributed by atoms with Crippen LogP contribution in [0.25, 0.3) is 6.08 Å². The number of esters is 1.